The maximum Gasteiger partial charge on any atom is -0.0351 e. The van der Waals surface area contributed by atoms with Gasteiger partial charge in [-0.3, -0.25) is 0 Å². The molecule has 0 N–H and O–H groups in total. The molecule has 0 aliphatic heterocycles. The molecule has 0 aromatic rings. The van der Waals surface area contributed by atoms with Crippen LogP contribution >= 0.6 is 0 Å². The summed E-state index contributed by atoms with van der Waals surface area (Å²) in [5.41, 5.74) is 0. The number of unbranched alkanes of at least 4 members (excludes halogenated alkanes) is 18. The Kier molecular flexibility index (Phi) is 22.5. The maximum atomic E-state index is 2.41. The van der Waals surface area contributed by atoms with Crippen molar-refractivity contribution in [3.63, 3.8) is 0 Å². The first kappa shape index (κ1) is 23.7. The van der Waals surface area contributed by atoms with Gasteiger partial charge < -0.3 is 0 Å². The Morgan fingerprint density at radius 2 is 0.583 bits per heavy atom. The van der Waals surface area contributed by atoms with E-state index in [1.54, 1.807) is 0 Å². The summed E-state index contributed by atoms with van der Waals surface area (Å²) in [6.45, 7) is 4.58. The summed E-state index contributed by atoms with van der Waals surface area (Å²) < 4.78 is 0. The molecule has 0 nitrogen and oxygen atoms in total. The Bertz CT molecular complexity index is 228. The Balaban J connectivity index is 3.00. The predicted octanol–water partition coefficient (Wildman–Crippen LogP) is 9.38. The van der Waals surface area contributed by atoms with Crippen LogP contribution in [0.5, 0.6) is 0 Å². The summed E-state index contributed by atoms with van der Waals surface area (Å²) in [7, 11) is 0. The molecule has 24 heavy (non-hydrogen) atoms. The monoisotopic (exact) mass is 336 g/mol. The highest BCUT2D eigenvalue weighted by atomic mass is 14.0. The summed E-state index contributed by atoms with van der Waals surface area (Å²) in [6, 6.07) is 0. The van der Waals surface area contributed by atoms with Crippen LogP contribution in [0.15, 0.2) is 12.2 Å². The summed E-state index contributed by atoms with van der Waals surface area (Å²) in [4.78, 5) is 0. The van der Waals surface area contributed by atoms with E-state index in [0.29, 0.717) is 0 Å². The minimum atomic E-state index is 1.30. The molecule has 0 amide bonds. The Morgan fingerprint density at radius 3 is 0.958 bits per heavy atom. The molecule has 0 unspecified atom stereocenters. The van der Waals surface area contributed by atoms with Gasteiger partial charge in [-0.1, -0.05) is 129 Å². The van der Waals surface area contributed by atoms with Crippen molar-refractivity contribution in [1.82, 2.24) is 0 Å². The van der Waals surface area contributed by atoms with Crippen LogP contribution in [-0.4, -0.2) is 0 Å². The lowest BCUT2D eigenvalue weighted by Gasteiger charge is -2.03. The van der Waals surface area contributed by atoms with Gasteiger partial charge in [-0.05, 0) is 25.7 Å². The Labute approximate surface area is 154 Å². The van der Waals surface area contributed by atoms with Crippen molar-refractivity contribution in [1.29, 1.82) is 0 Å². The van der Waals surface area contributed by atoms with Crippen molar-refractivity contribution in [2.75, 3.05) is 0 Å². The second kappa shape index (κ2) is 22.7. The Hall–Kier alpha value is -0.260. The van der Waals surface area contributed by atoms with Crippen molar-refractivity contribution in [3.8, 4) is 0 Å². The van der Waals surface area contributed by atoms with E-state index in [4.69, 9.17) is 0 Å². The Morgan fingerprint density at radius 1 is 0.333 bits per heavy atom. The van der Waals surface area contributed by atoms with Gasteiger partial charge in [0.1, 0.15) is 0 Å². The van der Waals surface area contributed by atoms with E-state index in [-0.39, 0.29) is 0 Å². The quantitative estimate of drug-likeness (QED) is 0.153. The third-order valence-corrected chi connectivity index (χ3v) is 5.12. The van der Waals surface area contributed by atoms with Crippen LogP contribution in [0.1, 0.15) is 142 Å². The molecule has 0 saturated heterocycles. The van der Waals surface area contributed by atoms with Gasteiger partial charge in [0.25, 0.3) is 0 Å². The van der Waals surface area contributed by atoms with Crippen molar-refractivity contribution >= 4 is 0 Å². The molecule has 144 valence electrons. The van der Waals surface area contributed by atoms with Gasteiger partial charge in [-0.2, -0.15) is 0 Å². The second-order valence-electron chi connectivity index (χ2n) is 7.71. The predicted molar refractivity (Wildman–Crippen MR) is 113 cm³/mol. The summed E-state index contributed by atoms with van der Waals surface area (Å²) in [5.74, 6) is 0. The van der Waals surface area contributed by atoms with Crippen LogP contribution in [0.25, 0.3) is 0 Å². The van der Waals surface area contributed by atoms with Crippen molar-refractivity contribution in [3.05, 3.63) is 12.2 Å². The third kappa shape index (κ3) is 21.7. The summed E-state index contributed by atoms with van der Waals surface area (Å²) >= 11 is 0. The molecule has 0 heterocycles. The highest BCUT2D eigenvalue weighted by Crippen LogP contribution is 2.13. The molecule has 0 spiro atoms. The first-order valence-corrected chi connectivity index (χ1v) is 11.6. The number of allylic oxidation sites excluding steroid dienone is 2. The zero-order valence-electron chi connectivity index (χ0n) is 17.3. The summed E-state index contributed by atoms with van der Waals surface area (Å²) in [6.07, 6.45) is 33.4. The highest BCUT2D eigenvalue weighted by molar-refractivity contribution is 4.81. The largest absolute Gasteiger partial charge is 0.0885 e. The first-order valence-electron chi connectivity index (χ1n) is 11.6. The van der Waals surface area contributed by atoms with E-state index in [0.717, 1.165) is 0 Å². The lowest BCUT2D eigenvalue weighted by molar-refractivity contribution is 0.533. The van der Waals surface area contributed by atoms with Crippen molar-refractivity contribution in [2.24, 2.45) is 0 Å². The topological polar surface area (TPSA) is 0 Å². The zero-order chi connectivity index (χ0) is 17.6. The average molecular weight is 337 g/mol. The van der Waals surface area contributed by atoms with E-state index in [1.165, 1.54) is 128 Å². The molecular weight excluding hydrogens is 288 g/mol. The van der Waals surface area contributed by atoms with Crippen LogP contribution in [0.2, 0.25) is 0 Å². The van der Waals surface area contributed by atoms with E-state index in [1.807, 2.05) is 0 Å². The molecule has 0 saturated carbocycles. The fraction of sp³-hybridized carbons (Fsp3) is 0.917. The fourth-order valence-electron chi connectivity index (χ4n) is 3.38. The molecule has 0 aliphatic rings. The van der Waals surface area contributed by atoms with Crippen LogP contribution < -0.4 is 0 Å². The SMILES string of the molecule is CCCCC/C=C\CCCCCCCCCCCCCCCCC. The average Bonchev–Trinajstić information content (AvgIpc) is 2.60. The molecule has 0 atom stereocenters. The molecular formula is C24H48. The molecule has 0 fully saturated rings. The smallest absolute Gasteiger partial charge is 0.0351 e. The van der Waals surface area contributed by atoms with Gasteiger partial charge >= 0.3 is 0 Å². The minimum absolute atomic E-state index is 1.30. The minimum Gasteiger partial charge on any atom is -0.0885 e. The van der Waals surface area contributed by atoms with Crippen molar-refractivity contribution < 1.29 is 0 Å². The lowest BCUT2D eigenvalue weighted by Crippen LogP contribution is -1.83. The number of rotatable bonds is 20. The molecule has 0 bridgehead atoms. The second-order valence-corrected chi connectivity index (χ2v) is 7.71. The molecule has 0 aromatic carbocycles. The van der Waals surface area contributed by atoms with Gasteiger partial charge in [0.15, 0.2) is 0 Å². The number of hydrogen-bond donors (Lipinski definition) is 0. The molecule has 0 aromatic heterocycles. The van der Waals surface area contributed by atoms with Crippen LogP contribution in [-0.2, 0) is 0 Å². The zero-order valence-corrected chi connectivity index (χ0v) is 17.3. The number of hydrogen-bond acceptors (Lipinski definition) is 0. The van der Waals surface area contributed by atoms with E-state index < -0.39 is 0 Å². The van der Waals surface area contributed by atoms with E-state index >= 15 is 0 Å². The van der Waals surface area contributed by atoms with Crippen LogP contribution in [0.4, 0.5) is 0 Å². The fourth-order valence-corrected chi connectivity index (χ4v) is 3.38. The normalized spacial score (nSPS) is 11.6. The summed E-state index contributed by atoms with van der Waals surface area (Å²) in [5, 5.41) is 0. The highest BCUT2D eigenvalue weighted by Gasteiger charge is 1.94. The van der Waals surface area contributed by atoms with Gasteiger partial charge in [-0.15, -0.1) is 0 Å². The van der Waals surface area contributed by atoms with Gasteiger partial charge in [0.05, 0.1) is 0 Å². The molecule has 0 aliphatic carbocycles. The van der Waals surface area contributed by atoms with E-state index in [9.17, 15) is 0 Å². The molecule has 0 radical (unpaired) electrons. The molecule has 0 rings (SSSR count). The van der Waals surface area contributed by atoms with Gasteiger partial charge in [0.2, 0.25) is 0 Å². The van der Waals surface area contributed by atoms with Gasteiger partial charge in [0, 0.05) is 0 Å². The van der Waals surface area contributed by atoms with Crippen LogP contribution in [0.3, 0.4) is 0 Å². The maximum absolute atomic E-state index is 2.41. The van der Waals surface area contributed by atoms with Gasteiger partial charge in [-0.25, -0.2) is 0 Å². The molecule has 0 heteroatoms. The third-order valence-electron chi connectivity index (χ3n) is 5.12. The first-order chi connectivity index (χ1) is 11.9. The lowest BCUT2D eigenvalue weighted by atomic mass is 10.0. The van der Waals surface area contributed by atoms with Crippen molar-refractivity contribution in [2.45, 2.75) is 142 Å². The van der Waals surface area contributed by atoms with E-state index in [2.05, 4.69) is 26.0 Å². The van der Waals surface area contributed by atoms with Crippen LogP contribution in [0, 0.1) is 0 Å². The standard InChI is InChI=1S/C24H48/c1-3-5-7-9-11-13-15-17-19-21-23-24-22-20-18-16-14-12-10-8-6-4-2/h11,13H,3-10,12,14-24H2,1-2H3/b13-11-.